The molecule has 0 aromatic heterocycles. The van der Waals surface area contributed by atoms with Crippen LogP contribution < -0.4 is 11.1 Å². The lowest BCUT2D eigenvalue weighted by molar-refractivity contribution is -0.120. The van der Waals surface area contributed by atoms with Crippen molar-refractivity contribution < 1.29 is 4.79 Å². The maximum Gasteiger partial charge on any atom is 0.234 e. The zero-order valence-corrected chi connectivity index (χ0v) is 12.8. The first-order chi connectivity index (χ1) is 9.93. The molecular formula is C18H22N2O. The molecule has 0 spiro atoms. The number of hydrogen-bond donors (Lipinski definition) is 2. The first-order valence-corrected chi connectivity index (χ1v) is 7.14. The van der Waals surface area contributed by atoms with Crippen molar-refractivity contribution in [2.24, 2.45) is 5.73 Å². The number of carbonyl (C=O) groups excluding carboxylic acids is 1. The number of anilines is 1. The smallest absolute Gasteiger partial charge is 0.234 e. The van der Waals surface area contributed by atoms with Crippen LogP contribution in [0.4, 0.5) is 5.69 Å². The fraction of sp³-hybridized carbons (Fsp3) is 0.278. The monoisotopic (exact) mass is 282 g/mol. The first-order valence-electron chi connectivity index (χ1n) is 7.14. The summed E-state index contributed by atoms with van der Waals surface area (Å²) in [6.45, 7) is 5.76. The summed E-state index contributed by atoms with van der Waals surface area (Å²) in [5.41, 5.74) is 8.06. The molecule has 0 aliphatic heterocycles. The van der Waals surface area contributed by atoms with Gasteiger partial charge in [0.1, 0.15) is 0 Å². The number of amides is 1. The lowest BCUT2D eigenvalue weighted by Crippen LogP contribution is -2.35. The van der Waals surface area contributed by atoms with Crippen molar-refractivity contribution >= 4 is 11.6 Å². The van der Waals surface area contributed by atoms with Crippen molar-refractivity contribution in [2.75, 3.05) is 5.32 Å². The van der Waals surface area contributed by atoms with E-state index >= 15 is 0 Å². The summed E-state index contributed by atoms with van der Waals surface area (Å²) in [6.07, 6.45) is 0. The van der Waals surface area contributed by atoms with Crippen molar-refractivity contribution in [3.8, 4) is 0 Å². The van der Waals surface area contributed by atoms with E-state index in [4.69, 9.17) is 5.73 Å². The van der Waals surface area contributed by atoms with Crippen LogP contribution in [-0.4, -0.2) is 5.91 Å². The summed E-state index contributed by atoms with van der Waals surface area (Å²) >= 11 is 0. The van der Waals surface area contributed by atoms with Crippen LogP contribution in [0.3, 0.4) is 0 Å². The highest BCUT2D eigenvalue weighted by Crippen LogP contribution is 2.27. The Hall–Kier alpha value is -2.13. The van der Waals surface area contributed by atoms with Crippen LogP contribution in [0.15, 0.2) is 54.6 Å². The molecule has 3 N–H and O–H groups in total. The Kier molecular flexibility index (Phi) is 4.43. The molecule has 0 radical (unpaired) electrons. The average Bonchev–Trinajstić information content (AvgIpc) is 2.48. The summed E-state index contributed by atoms with van der Waals surface area (Å²) in [5.74, 6) is -0.0400. The normalized spacial score (nSPS) is 12.8. The minimum Gasteiger partial charge on any atom is -0.325 e. The van der Waals surface area contributed by atoms with Crippen LogP contribution in [0, 0.1) is 0 Å². The third-order valence-electron chi connectivity index (χ3n) is 3.76. The van der Waals surface area contributed by atoms with E-state index in [-0.39, 0.29) is 11.9 Å². The van der Waals surface area contributed by atoms with Crippen LogP contribution in [0.1, 0.15) is 37.9 Å². The lowest BCUT2D eigenvalue weighted by atomic mass is 9.83. The Balaban J connectivity index is 2.26. The van der Waals surface area contributed by atoms with Crippen LogP contribution in [0.2, 0.25) is 0 Å². The highest BCUT2D eigenvalue weighted by molar-refractivity contribution is 5.99. The molecule has 0 saturated heterocycles. The maximum absolute atomic E-state index is 12.7. The predicted octanol–water partition coefficient (Wildman–Crippen LogP) is 3.62. The Morgan fingerprint density at radius 2 is 1.62 bits per heavy atom. The molecule has 0 aliphatic carbocycles. The van der Waals surface area contributed by atoms with Crippen molar-refractivity contribution in [1.29, 1.82) is 0 Å². The molecule has 1 amide bonds. The molecule has 0 bridgehead atoms. The summed E-state index contributed by atoms with van der Waals surface area (Å²) < 4.78 is 0. The lowest BCUT2D eigenvalue weighted by Gasteiger charge is -2.25. The number of nitrogens with one attached hydrogen (secondary N) is 1. The Bertz CT molecular complexity index is 618. The molecule has 1 atom stereocenters. The van der Waals surface area contributed by atoms with Gasteiger partial charge in [0.05, 0.1) is 5.41 Å². The topological polar surface area (TPSA) is 55.1 Å². The van der Waals surface area contributed by atoms with Crippen molar-refractivity contribution in [3.05, 3.63) is 65.7 Å². The fourth-order valence-electron chi connectivity index (χ4n) is 2.27. The van der Waals surface area contributed by atoms with Gasteiger partial charge in [-0.05, 0) is 38.0 Å². The number of rotatable bonds is 4. The van der Waals surface area contributed by atoms with Crippen LogP contribution >= 0.6 is 0 Å². The molecule has 2 aromatic rings. The van der Waals surface area contributed by atoms with E-state index in [9.17, 15) is 4.79 Å². The number of carbonyl (C=O) groups is 1. The van der Waals surface area contributed by atoms with E-state index in [0.29, 0.717) is 0 Å². The minimum atomic E-state index is -0.605. The van der Waals surface area contributed by atoms with Gasteiger partial charge in [-0.1, -0.05) is 48.5 Å². The molecule has 110 valence electrons. The van der Waals surface area contributed by atoms with Gasteiger partial charge in [0.25, 0.3) is 0 Å². The third kappa shape index (κ3) is 3.31. The maximum atomic E-state index is 12.7. The molecule has 0 aliphatic rings. The average molecular weight is 282 g/mol. The van der Waals surface area contributed by atoms with Gasteiger partial charge in [-0.2, -0.15) is 0 Å². The van der Waals surface area contributed by atoms with E-state index in [1.807, 2.05) is 75.4 Å². The molecule has 0 heterocycles. The number of benzene rings is 2. The van der Waals surface area contributed by atoms with Crippen LogP contribution in [0.5, 0.6) is 0 Å². The van der Waals surface area contributed by atoms with Gasteiger partial charge in [0.2, 0.25) is 5.91 Å². The molecule has 3 heteroatoms. The minimum absolute atomic E-state index is 0.0400. The Labute approximate surface area is 126 Å². The van der Waals surface area contributed by atoms with E-state index in [2.05, 4.69) is 5.32 Å². The summed E-state index contributed by atoms with van der Waals surface area (Å²) in [6, 6.07) is 17.3. The van der Waals surface area contributed by atoms with Gasteiger partial charge in [-0.25, -0.2) is 0 Å². The molecular weight excluding hydrogens is 260 g/mol. The predicted molar refractivity (Wildman–Crippen MR) is 87.1 cm³/mol. The Morgan fingerprint density at radius 3 is 2.24 bits per heavy atom. The van der Waals surface area contributed by atoms with Crippen molar-refractivity contribution in [1.82, 2.24) is 0 Å². The van der Waals surface area contributed by atoms with E-state index < -0.39 is 5.41 Å². The summed E-state index contributed by atoms with van der Waals surface area (Å²) in [4.78, 5) is 12.7. The zero-order chi connectivity index (χ0) is 15.5. The zero-order valence-electron chi connectivity index (χ0n) is 12.8. The summed E-state index contributed by atoms with van der Waals surface area (Å²) in [7, 11) is 0. The van der Waals surface area contributed by atoms with Gasteiger partial charge >= 0.3 is 0 Å². The standard InChI is InChI=1S/C18H22N2O/c1-13(19)15-11-7-8-12-16(15)20-17(21)18(2,3)14-9-5-4-6-10-14/h4-13H,19H2,1-3H3,(H,20,21). The number of nitrogens with two attached hydrogens (primary N) is 1. The quantitative estimate of drug-likeness (QED) is 0.899. The fourth-order valence-corrected chi connectivity index (χ4v) is 2.27. The molecule has 0 saturated carbocycles. The second-order valence-electron chi connectivity index (χ2n) is 5.82. The molecule has 3 nitrogen and oxygen atoms in total. The second-order valence-corrected chi connectivity index (χ2v) is 5.82. The van der Waals surface area contributed by atoms with Crippen LogP contribution in [-0.2, 0) is 10.2 Å². The first kappa shape index (κ1) is 15.3. The number of para-hydroxylation sites is 1. The van der Waals surface area contributed by atoms with E-state index in [1.54, 1.807) is 0 Å². The molecule has 1 unspecified atom stereocenters. The van der Waals surface area contributed by atoms with E-state index in [1.165, 1.54) is 0 Å². The van der Waals surface area contributed by atoms with Gasteiger partial charge in [0.15, 0.2) is 0 Å². The van der Waals surface area contributed by atoms with Crippen molar-refractivity contribution in [2.45, 2.75) is 32.2 Å². The van der Waals surface area contributed by atoms with Gasteiger partial charge in [0, 0.05) is 11.7 Å². The number of hydrogen-bond acceptors (Lipinski definition) is 2. The van der Waals surface area contributed by atoms with Gasteiger partial charge in [-0.15, -0.1) is 0 Å². The molecule has 21 heavy (non-hydrogen) atoms. The van der Waals surface area contributed by atoms with Gasteiger partial charge < -0.3 is 11.1 Å². The van der Waals surface area contributed by atoms with E-state index in [0.717, 1.165) is 16.8 Å². The van der Waals surface area contributed by atoms with Gasteiger partial charge in [-0.3, -0.25) is 4.79 Å². The van der Waals surface area contributed by atoms with Crippen LogP contribution in [0.25, 0.3) is 0 Å². The van der Waals surface area contributed by atoms with Crippen molar-refractivity contribution in [3.63, 3.8) is 0 Å². The Morgan fingerprint density at radius 1 is 1.05 bits per heavy atom. The second kappa shape index (κ2) is 6.10. The molecule has 2 aromatic carbocycles. The molecule has 0 fully saturated rings. The largest absolute Gasteiger partial charge is 0.325 e. The molecule has 2 rings (SSSR count). The SMILES string of the molecule is CC(N)c1ccccc1NC(=O)C(C)(C)c1ccccc1. The third-order valence-corrected chi connectivity index (χ3v) is 3.76. The highest BCUT2D eigenvalue weighted by atomic mass is 16.2. The highest BCUT2D eigenvalue weighted by Gasteiger charge is 2.30. The summed E-state index contributed by atoms with van der Waals surface area (Å²) in [5, 5.41) is 3.01.